The minimum atomic E-state index is -1.35. The van der Waals surface area contributed by atoms with E-state index >= 15 is 0 Å². The summed E-state index contributed by atoms with van der Waals surface area (Å²) in [5.74, 6) is -2.84. The zero-order valence-electron chi connectivity index (χ0n) is 28.7. The number of carbonyl (C=O) groups is 5. The number of benzene rings is 2. The average Bonchev–Trinajstić information content (AvgIpc) is 2.94. The van der Waals surface area contributed by atoms with Gasteiger partial charge < -0.3 is 35.8 Å². The number of aliphatic hydroxyl groups is 1. The van der Waals surface area contributed by atoms with Gasteiger partial charge in [-0.1, -0.05) is 54.1 Å². The molecule has 12 nitrogen and oxygen atoms in total. The lowest BCUT2D eigenvalue weighted by Gasteiger charge is -2.35. The van der Waals surface area contributed by atoms with Crippen molar-refractivity contribution >= 4 is 29.8 Å². The molecule has 0 saturated carbocycles. The molecule has 5 N–H and O–H groups in total. The Morgan fingerprint density at radius 1 is 0.872 bits per heavy atom. The van der Waals surface area contributed by atoms with Crippen molar-refractivity contribution in [2.24, 2.45) is 5.73 Å². The van der Waals surface area contributed by atoms with Gasteiger partial charge in [-0.2, -0.15) is 0 Å². The van der Waals surface area contributed by atoms with Gasteiger partial charge in [-0.25, -0.2) is 9.59 Å². The molecule has 0 bridgehead atoms. The van der Waals surface area contributed by atoms with Gasteiger partial charge in [-0.05, 0) is 78.5 Å². The van der Waals surface area contributed by atoms with Gasteiger partial charge in [0.15, 0.2) is 0 Å². The van der Waals surface area contributed by atoms with Gasteiger partial charge in [0.05, 0.1) is 6.61 Å². The second-order valence-corrected chi connectivity index (χ2v) is 13.5. The van der Waals surface area contributed by atoms with Crippen LogP contribution in [0.5, 0.6) is 0 Å². The molecular formula is C35H50N4O8. The highest BCUT2D eigenvalue weighted by atomic mass is 16.6. The molecule has 3 unspecified atom stereocenters. The topological polar surface area (TPSA) is 177 Å². The summed E-state index contributed by atoms with van der Waals surface area (Å²) in [5, 5.41) is 15.4. The van der Waals surface area contributed by atoms with Crippen molar-refractivity contribution in [1.82, 2.24) is 15.5 Å². The third kappa shape index (κ3) is 13.1. The molecule has 0 heterocycles. The standard InChI is InChI=1S/C35H50N4O8/c1-22-14-15-25(23(2)20-22)29(30(42)37-27(32(44)46-34(3,4)5)21-24-12-10-9-11-13-24)39(18-19-40)31(43)26(16-17-28(36)41)38-33(45)47-35(6,7)8/h9-15,20,26-27,29,40H,16-19,21H2,1-8H3,(H2,36,41)(H,37,42)(H,38,45). The molecule has 4 amide bonds. The van der Waals surface area contributed by atoms with Crippen molar-refractivity contribution < 1.29 is 38.6 Å². The molecule has 2 aromatic carbocycles. The number of aliphatic hydroxyl groups excluding tert-OH is 1. The van der Waals surface area contributed by atoms with Crippen LogP contribution in [0.15, 0.2) is 48.5 Å². The summed E-state index contributed by atoms with van der Waals surface area (Å²) in [6, 6.07) is 10.6. The van der Waals surface area contributed by atoms with Crippen molar-refractivity contribution in [3.8, 4) is 0 Å². The van der Waals surface area contributed by atoms with E-state index in [1.807, 2.05) is 43.3 Å². The Labute approximate surface area is 277 Å². The number of nitrogens with one attached hydrogen (secondary N) is 2. The lowest BCUT2D eigenvalue weighted by atomic mass is 9.95. The molecule has 0 fully saturated rings. The number of hydrogen-bond donors (Lipinski definition) is 4. The van der Waals surface area contributed by atoms with E-state index in [0.717, 1.165) is 16.0 Å². The first-order valence-electron chi connectivity index (χ1n) is 15.6. The Balaban J connectivity index is 2.63. The first kappa shape index (κ1) is 38.7. The van der Waals surface area contributed by atoms with E-state index in [1.54, 1.807) is 60.6 Å². The second-order valence-electron chi connectivity index (χ2n) is 13.5. The van der Waals surface area contributed by atoms with Crippen LogP contribution in [0, 0.1) is 13.8 Å². The molecule has 12 heteroatoms. The van der Waals surface area contributed by atoms with Crippen LogP contribution in [0.1, 0.15) is 82.7 Å². The first-order chi connectivity index (χ1) is 21.8. The zero-order chi connectivity index (χ0) is 35.5. The van der Waals surface area contributed by atoms with E-state index in [2.05, 4.69) is 10.6 Å². The molecule has 0 aliphatic rings. The van der Waals surface area contributed by atoms with Gasteiger partial charge in [0, 0.05) is 19.4 Å². The SMILES string of the molecule is Cc1ccc(C(C(=O)NC(Cc2ccccc2)C(=O)OC(C)(C)C)N(CCO)C(=O)C(CCC(N)=O)NC(=O)OC(C)(C)C)c(C)c1. The predicted molar refractivity (Wildman–Crippen MR) is 177 cm³/mol. The van der Waals surface area contributed by atoms with E-state index in [9.17, 15) is 29.1 Å². The lowest BCUT2D eigenvalue weighted by Crippen LogP contribution is -2.55. The monoisotopic (exact) mass is 654 g/mol. The summed E-state index contributed by atoms with van der Waals surface area (Å²) in [6.07, 6.45) is -1.25. The summed E-state index contributed by atoms with van der Waals surface area (Å²) >= 11 is 0. The summed E-state index contributed by atoms with van der Waals surface area (Å²) < 4.78 is 11.0. The van der Waals surface area contributed by atoms with Crippen molar-refractivity contribution in [3.63, 3.8) is 0 Å². The third-order valence-corrected chi connectivity index (χ3v) is 6.86. The summed E-state index contributed by atoms with van der Waals surface area (Å²) in [7, 11) is 0. The van der Waals surface area contributed by atoms with Crippen molar-refractivity contribution in [2.75, 3.05) is 13.2 Å². The summed E-state index contributed by atoms with van der Waals surface area (Å²) in [4.78, 5) is 67.7. The highest BCUT2D eigenvalue weighted by Crippen LogP contribution is 2.27. The maximum atomic E-state index is 14.4. The largest absolute Gasteiger partial charge is 0.458 e. The molecular weight excluding hydrogens is 604 g/mol. The fraction of sp³-hybridized carbons (Fsp3) is 0.514. The van der Waals surface area contributed by atoms with Crippen LogP contribution in [-0.2, 0) is 35.1 Å². The van der Waals surface area contributed by atoms with E-state index in [-0.39, 0.29) is 25.8 Å². The Morgan fingerprint density at radius 3 is 2.02 bits per heavy atom. The Kier molecular flexibility index (Phi) is 13.9. The van der Waals surface area contributed by atoms with Crippen molar-refractivity contribution in [1.29, 1.82) is 0 Å². The molecule has 0 aromatic heterocycles. The fourth-order valence-electron chi connectivity index (χ4n) is 4.92. The second kappa shape index (κ2) is 16.9. The maximum absolute atomic E-state index is 14.4. The number of hydrogen-bond acceptors (Lipinski definition) is 8. The Hall–Kier alpha value is -4.45. The number of primary amides is 1. The van der Waals surface area contributed by atoms with Gasteiger partial charge in [0.1, 0.15) is 29.3 Å². The molecule has 3 atom stereocenters. The maximum Gasteiger partial charge on any atom is 0.408 e. The molecule has 258 valence electrons. The van der Waals surface area contributed by atoms with Crippen LogP contribution in [0.4, 0.5) is 4.79 Å². The van der Waals surface area contributed by atoms with Gasteiger partial charge in [-0.15, -0.1) is 0 Å². The van der Waals surface area contributed by atoms with Crippen molar-refractivity contribution in [3.05, 3.63) is 70.8 Å². The fourth-order valence-corrected chi connectivity index (χ4v) is 4.92. The zero-order valence-corrected chi connectivity index (χ0v) is 28.7. The van der Waals surface area contributed by atoms with Gasteiger partial charge in [-0.3, -0.25) is 14.4 Å². The normalized spacial score (nSPS) is 13.5. The van der Waals surface area contributed by atoms with E-state index < -0.39 is 65.7 Å². The van der Waals surface area contributed by atoms with Crippen LogP contribution >= 0.6 is 0 Å². The summed E-state index contributed by atoms with van der Waals surface area (Å²) in [5.41, 5.74) is 6.43. The number of ether oxygens (including phenoxy) is 2. The van der Waals surface area contributed by atoms with Gasteiger partial charge in [0.25, 0.3) is 0 Å². The number of nitrogens with two attached hydrogens (primary N) is 1. The number of rotatable bonds is 14. The van der Waals surface area contributed by atoms with Crippen molar-refractivity contribution in [2.45, 2.75) is 104 Å². The highest BCUT2D eigenvalue weighted by molar-refractivity contribution is 5.94. The molecule has 0 aliphatic carbocycles. The Bertz CT molecular complexity index is 1400. The van der Waals surface area contributed by atoms with Crippen LogP contribution in [0.25, 0.3) is 0 Å². The van der Waals surface area contributed by atoms with E-state index in [1.165, 1.54) is 0 Å². The minimum Gasteiger partial charge on any atom is -0.458 e. The molecule has 0 radical (unpaired) electrons. The molecule has 2 aromatic rings. The van der Waals surface area contributed by atoms with Crippen LogP contribution in [-0.4, -0.2) is 76.2 Å². The van der Waals surface area contributed by atoms with Crippen LogP contribution in [0.2, 0.25) is 0 Å². The number of aryl methyl sites for hydroxylation is 2. The predicted octanol–water partition coefficient (Wildman–Crippen LogP) is 3.39. The van der Waals surface area contributed by atoms with Crippen LogP contribution < -0.4 is 16.4 Å². The third-order valence-electron chi connectivity index (χ3n) is 6.86. The number of alkyl carbamates (subject to hydrolysis) is 1. The number of esters is 1. The number of nitrogens with zero attached hydrogens (tertiary/aromatic N) is 1. The minimum absolute atomic E-state index is 0.108. The van der Waals surface area contributed by atoms with E-state index in [0.29, 0.717) is 11.1 Å². The lowest BCUT2D eigenvalue weighted by molar-refractivity contribution is -0.159. The average molecular weight is 655 g/mol. The first-order valence-corrected chi connectivity index (χ1v) is 15.6. The van der Waals surface area contributed by atoms with Gasteiger partial charge in [0.2, 0.25) is 17.7 Å². The molecule has 0 aliphatic heterocycles. The number of amides is 4. The summed E-state index contributed by atoms with van der Waals surface area (Å²) in [6.45, 7) is 12.9. The molecule has 0 spiro atoms. The molecule has 0 saturated heterocycles. The van der Waals surface area contributed by atoms with Gasteiger partial charge >= 0.3 is 12.1 Å². The highest BCUT2D eigenvalue weighted by Gasteiger charge is 2.39. The quantitative estimate of drug-likeness (QED) is 0.224. The Morgan fingerprint density at radius 2 is 1.49 bits per heavy atom. The smallest absolute Gasteiger partial charge is 0.408 e. The number of carbonyl (C=O) groups excluding carboxylic acids is 5. The van der Waals surface area contributed by atoms with E-state index in [4.69, 9.17) is 15.2 Å². The molecule has 47 heavy (non-hydrogen) atoms. The molecule has 2 rings (SSSR count). The van der Waals surface area contributed by atoms with Crippen LogP contribution in [0.3, 0.4) is 0 Å².